The summed E-state index contributed by atoms with van der Waals surface area (Å²) in [6.07, 6.45) is 3.08. The molecule has 0 aromatic carbocycles. The Labute approximate surface area is 178 Å². The molecule has 9 nitrogen and oxygen atoms in total. The fourth-order valence-electron chi connectivity index (χ4n) is 4.47. The molecule has 2 saturated heterocycles. The van der Waals surface area contributed by atoms with Gasteiger partial charge in [-0.05, 0) is 52.4 Å². The van der Waals surface area contributed by atoms with Crippen LogP contribution in [0.5, 0.6) is 0 Å². The lowest BCUT2D eigenvalue weighted by Gasteiger charge is -2.35. The number of hydrogen-bond donors (Lipinski definition) is 2. The van der Waals surface area contributed by atoms with Crippen molar-refractivity contribution in [1.82, 2.24) is 25.3 Å². The number of nitrogens with zero attached hydrogens (tertiary/aromatic N) is 3. The zero-order valence-corrected chi connectivity index (χ0v) is 18.6. The normalized spacial score (nSPS) is 28.1. The van der Waals surface area contributed by atoms with Crippen molar-refractivity contribution in [3.63, 3.8) is 0 Å². The van der Waals surface area contributed by atoms with Crippen LogP contribution in [0.3, 0.4) is 0 Å². The summed E-state index contributed by atoms with van der Waals surface area (Å²) in [5, 5.41) is 5.80. The van der Waals surface area contributed by atoms with Gasteiger partial charge in [-0.15, -0.1) is 0 Å². The Morgan fingerprint density at radius 3 is 2.23 bits per heavy atom. The van der Waals surface area contributed by atoms with Crippen LogP contribution in [-0.4, -0.2) is 88.8 Å². The summed E-state index contributed by atoms with van der Waals surface area (Å²) in [5.41, 5.74) is -1.09. The van der Waals surface area contributed by atoms with E-state index >= 15 is 0 Å². The summed E-state index contributed by atoms with van der Waals surface area (Å²) >= 11 is 0. The van der Waals surface area contributed by atoms with Crippen LogP contribution in [0.1, 0.15) is 53.4 Å². The van der Waals surface area contributed by atoms with Crippen molar-refractivity contribution < 1.29 is 19.2 Å². The molecule has 0 radical (unpaired) electrons. The quantitative estimate of drug-likeness (QED) is 0.646. The van der Waals surface area contributed by atoms with Crippen molar-refractivity contribution >= 4 is 23.8 Å². The molecule has 168 valence electrons. The second-order valence-electron chi connectivity index (χ2n) is 10.0. The van der Waals surface area contributed by atoms with Crippen LogP contribution in [-0.2, 0) is 14.4 Å². The van der Waals surface area contributed by atoms with E-state index in [2.05, 4.69) is 17.6 Å². The molecule has 2 aliphatic heterocycles. The molecule has 3 aliphatic rings. The molecular formula is C21H35N5O4. The molecule has 1 saturated carbocycles. The summed E-state index contributed by atoms with van der Waals surface area (Å²) in [5.74, 6) is 0.0373. The number of amides is 5. The van der Waals surface area contributed by atoms with Gasteiger partial charge < -0.3 is 15.5 Å². The van der Waals surface area contributed by atoms with Crippen molar-refractivity contribution in [2.24, 2.45) is 5.92 Å². The predicted octanol–water partition coefficient (Wildman–Crippen LogP) is 0.546. The molecule has 0 atom stereocenters. The van der Waals surface area contributed by atoms with Crippen molar-refractivity contribution in [3.05, 3.63) is 0 Å². The molecule has 2 heterocycles. The molecule has 3 fully saturated rings. The minimum atomic E-state index is -0.816. The number of piperazine rings is 1. The first kappa shape index (κ1) is 22.5. The summed E-state index contributed by atoms with van der Waals surface area (Å²) in [4.78, 5) is 54.9. The summed E-state index contributed by atoms with van der Waals surface area (Å²) in [7, 11) is 0. The molecule has 9 heteroatoms. The fourth-order valence-corrected chi connectivity index (χ4v) is 4.47. The van der Waals surface area contributed by atoms with E-state index in [1.165, 1.54) is 0 Å². The Kier molecular flexibility index (Phi) is 6.40. The number of urea groups is 1. The zero-order chi connectivity index (χ0) is 22.1. The summed E-state index contributed by atoms with van der Waals surface area (Å²) in [6, 6.07) is -0.458. The second kappa shape index (κ2) is 8.53. The number of rotatable bonds is 4. The Morgan fingerprint density at radius 1 is 1.07 bits per heavy atom. The molecule has 0 aromatic rings. The number of carbonyl (C=O) groups excluding carboxylic acids is 4. The Balaban J connectivity index is 1.48. The van der Waals surface area contributed by atoms with Gasteiger partial charge in [0, 0.05) is 31.7 Å². The average molecular weight is 422 g/mol. The van der Waals surface area contributed by atoms with E-state index in [-0.39, 0.29) is 29.8 Å². The van der Waals surface area contributed by atoms with E-state index in [9.17, 15) is 19.2 Å². The lowest BCUT2D eigenvalue weighted by atomic mass is 9.77. The van der Waals surface area contributed by atoms with E-state index in [0.717, 1.165) is 17.7 Å². The van der Waals surface area contributed by atoms with Crippen LogP contribution >= 0.6 is 0 Å². The van der Waals surface area contributed by atoms with Crippen LogP contribution in [0.2, 0.25) is 0 Å². The van der Waals surface area contributed by atoms with E-state index in [1.807, 2.05) is 25.7 Å². The van der Waals surface area contributed by atoms with Gasteiger partial charge in [-0.3, -0.25) is 24.2 Å². The van der Waals surface area contributed by atoms with Gasteiger partial charge in [-0.1, -0.05) is 6.92 Å². The Bertz CT molecular complexity index is 701. The number of carbonyl (C=O) groups is 4. The van der Waals surface area contributed by atoms with Gasteiger partial charge in [-0.25, -0.2) is 4.79 Å². The highest BCUT2D eigenvalue weighted by atomic mass is 16.2. The van der Waals surface area contributed by atoms with E-state index < -0.39 is 11.6 Å². The third kappa shape index (κ3) is 5.11. The van der Waals surface area contributed by atoms with Gasteiger partial charge in [0.1, 0.15) is 12.1 Å². The monoisotopic (exact) mass is 421 g/mol. The average Bonchev–Trinajstić information content (AvgIpc) is 2.87. The fraction of sp³-hybridized carbons (Fsp3) is 0.810. The third-order valence-corrected chi connectivity index (χ3v) is 6.27. The molecule has 1 spiro atoms. The lowest BCUT2D eigenvalue weighted by Crippen LogP contribution is -2.54. The van der Waals surface area contributed by atoms with Crippen LogP contribution in [0.15, 0.2) is 0 Å². The van der Waals surface area contributed by atoms with Crippen LogP contribution in [0.4, 0.5) is 4.79 Å². The molecule has 3 rings (SSSR count). The van der Waals surface area contributed by atoms with Crippen molar-refractivity contribution in [2.45, 2.75) is 64.5 Å². The maximum Gasteiger partial charge on any atom is 0.325 e. The SMILES string of the molecule is CC1CCC2(CC1)NC(=O)N(CC(=O)N1CCN(CC(=O)NC(C)(C)C)CC1)C2=O. The van der Waals surface area contributed by atoms with Crippen molar-refractivity contribution in [1.29, 1.82) is 0 Å². The largest absolute Gasteiger partial charge is 0.350 e. The highest BCUT2D eigenvalue weighted by Gasteiger charge is 2.52. The maximum atomic E-state index is 12.9. The van der Waals surface area contributed by atoms with Crippen molar-refractivity contribution in [3.8, 4) is 0 Å². The smallest absolute Gasteiger partial charge is 0.325 e. The molecule has 30 heavy (non-hydrogen) atoms. The van der Waals surface area contributed by atoms with Gasteiger partial charge in [0.15, 0.2) is 0 Å². The van der Waals surface area contributed by atoms with E-state index in [4.69, 9.17) is 0 Å². The first-order valence-electron chi connectivity index (χ1n) is 10.9. The van der Waals surface area contributed by atoms with E-state index in [1.54, 1.807) is 4.90 Å². The minimum absolute atomic E-state index is 0.0336. The predicted molar refractivity (Wildman–Crippen MR) is 112 cm³/mol. The van der Waals surface area contributed by atoms with E-state index in [0.29, 0.717) is 51.5 Å². The number of nitrogens with one attached hydrogen (secondary N) is 2. The van der Waals surface area contributed by atoms with Gasteiger partial charge in [-0.2, -0.15) is 0 Å². The zero-order valence-electron chi connectivity index (χ0n) is 18.6. The first-order valence-corrected chi connectivity index (χ1v) is 10.9. The van der Waals surface area contributed by atoms with Crippen LogP contribution < -0.4 is 10.6 Å². The third-order valence-electron chi connectivity index (χ3n) is 6.27. The molecular weight excluding hydrogens is 386 g/mol. The topological polar surface area (TPSA) is 102 Å². The van der Waals surface area contributed by atoms with Crippen LogP contribution in [0.25, 0.3) is 0 Å². The summed E-state index contributed by atoms with van der Waals surface area (Å²) in [6.45, 7) is 10.2. The minimum Gasteiger partial charge on any atom is -0.350 e. The molecule has 0 bridgehead atoms. The summed E-state index contributed by atoms with van der Waals surface area (Å²) < 4.78 is 0. The van der Waals surface area contributed by atoms with Gasteiger partial charge >= 0.3 is 6.03 Å². The maximum absolute atomic E-state index is 12.9. The Hall–Kier alpha value is -2.16. The Morgan fingerprint density at radius 2 is 1.67 bits per heavy atom. The lowest BCUT2D eigenvalue weighted by molar-refractivity contribution is -0.140. The molecule has 5 amide bonds. The van der Waals surface area contributed by atoms with Crippen molar-refractivity contribution in [2.75, 3.05) is 39.3 Å². The van der Waals surface area contributed by atoms with Crippen LogP contribution in [0, 0.1) is 5.92 Å². The standard InChI is InChI=1S/C21H35N5O4/c1-15-5-7-21(8-6-15)18(29)26(19(30)23-21)14-17(28)25-11-9-24(10-12-25)13-16(27)22-20(2,3)4/h15H,5-14H2,1-4H3,(H,22,27)(H,23,30). The molecule has 0 aromatic heterocycles. The van der Waals surface area contributed by atoms with Gasteiger partial charge in [0.2, 0.25) is 11.8 Å². The van der Waals surface area contributed by atoms with Gasteiger partial charge in [0.05, 0.1) is 6.54 Å². The molecule has 1 aliphatic carbocycles. The highest BCUT2D eigenvalue weighted by Crippen LogP contribution is 2.36. The number of hydrogen-bond acceptors (Lipinski definition) is 5. The van der Waals surface area contributed by atoms with Gasteiger partial charge in [0.25, 0.3) is 5.91 Å². The first-order chi connectivity index (χ1) is 14.0. The molecule has 0 unspecified atom stereocenters. The number of imide groups is 1. The molecule has 2 N–H and O–H groups in total. The highest BCUT2D eigenvalue weighted by molar-refractivity contribution is 6.09. The second-order valence-corrected chi connectivity index (χ2v) is 10.0.